The second-order valence-corrected chi connectivity index (χ2v) is 14.6. The van der Waals surface area contributed by atoms with Crippen LogP contribution in [0.1, 0.15) is 136 Å². The number of allylic oxidation sites excluding steroid dienone is 5. The van der Waals surface area contributed by atoms with Crippen LogP contribution in [-0.2, 0) is 18.4 Å². The maximum Gasteiger partial charge on any atom is 0.268 e. The molecule has 45 heavy (non-hydrogen) atoms. The number of phosphoric ester groups is 1. The number of phosphoric acid groups is 1. The van der Waals surface area contributed by atoms with E-state index in [0.29, 0.717) is 17.4 Å². The summed E-state index contributed by atoms with van der Waals surface area (Å²) in [6, 6.07) is -0.901. The van der Waals surface area contributed by atoms with Gasteiger partial charge in [0.25, 0.3) is 7.82 Å². The van der Waals surface area contributed by atoms with Crippen molar-refractivity contribution in [1.29, 1.82) is 0 Å². The summed E-state index contributed by atoms with van der Waals surface area (Å²) in [4.78, 5) is 24.8. The number of likely N-dealkylation sites (N-methyl/N-ethyl adjacent to an activating group) is 1. The molecule has 1 amide bonds. The van der Waals surface area contributed by atoms with Gasteiger partial charge in [0.1, 0.15) is 13.2 Å². The first-order chi connectivity index (χ1) is 21.5. The van der Waals surface area contributed by atoms with E-state index in [0.717, 1.165) is 57.8 Å². The summed E-state index contributed by atoms with van der Waals surface area (Å²) in [5.74, 6) is -0.228. The van der Waals surface area contributed by atoms with Crippen molar-refractivity contribution in [2.24, 2.45) is 0 Å². The normalized spacial score (nSPS) is 15.3. The van der Waals surface area contributed by atoms with Gasteiger partial charge < -0.3 is 28.8 Å². The molecule has 0 spiro atoms. The van der Waals surface area contributed by atoms with Crippen molar-refractivity contribution in [2.75, 3.05) is 40.9 Å². The lowest BCUT2D eigenvalue weighted by Gasteiger charge is -2.29. The number of quaternary nitrogens is 1. The van der Waals surface area contributed by atoms with E-state index in [-0.39, 0.29) is 12.5 Å². The minimum Gasteiger partial charge on any atom is -0.756 e. The van der Waals surface area contributed by atoms with Gasteiger partial charge in [-0.1, -0.05) is 121 Å². The van der Waals surface area contributed by atoms with Crippen molar-refractivity contribution in [3.63, 3.8) is 0 Å². The summed E-state index contributed by atoms with van der Waals surface area (Å²) >= 11 is 0. The van der Waals surface area contributed by atoms with Crippen LogP contribution in [-0.4, -0.2) is 68.5 Å². The summed E-state index contributed by atoms with van der Waals surface area (Å²) in [6.45, 7) is 4.48. The Kier molecular flexibility index (Phi) is 28.1. The van der Waals surface area contributed by atoms with Crippen molar-refractivity contribution in [1.82, 2.24) is 5.32 Å². The number of carbonyl (C=O) groups excluding carboxylic acids is 1. The van der Waals surface area contributed by atoms with Gasteiger partial charge in [0.2, 0.25) is 5.91 Å². The van der Waals surface area contributed by atoms with Crippen LogP contribution in [0.15, 0.2) is 36.5 Å². The Balaban J connectivity index is 4.50. The van der Waals surface area contributed by atoms with E-state index in [9.17, 15) is 19.4 Å². The molecule has 8 nitrogen and oxygen atoms in total. The molecule has 0 aromatic rings. The molecule has 0 aliphatic heterocycles. The summed E-state index contributed by atoms with van der Waals surface area (Å²) in [7, 11) is 1.23. The van der Waals surface area contributed by atoms with Crippen LogP contribution >= 0.6 is 7.82 Å². The fraction of sp³-hybridized carbons (Fsp3) is 0.806. The topological polar surface area (TPSA) is 108 Å². The number of aliphatic hydroxyl groups is 1. The van der Waals surface area contributed by atoms with Gasteiger partial charge in [-0.2, -0.15) is 0 Å². The van der Waals surface area contributed by atoms with Crippen LogP contribution < -0.4 is 10.2 Å². The lowest BCUT2D eigenvalue weighted by molar-refractivity contribution is -0.870. The molecule has 0 aliphatic carbocycles. The first-order valence-corrected chi connectivity index (χ1v) is 19.3. The fourth-order valence-electron chi connectivity index (χ4n) is 4.65. The molecule has 3 atom stereocenters. The maximum atomic E-state index is 12.5. The number of aliphatic hydroxyl groups excluding tert-OH is 1. The highest BCUT2D eigenvalue weighted by Gasteiger charge is 2.23. The number of nitrogens with one attached hydrogen (secondary N) is 1. The van der Waals surface area contributed by atoms with Gasteiger partial charge in [0.05, 0.1) is 39.9 Å². The summed E-state index contributed by atoms with van der Waals surface area (Å²) in [5, 5.41) is 13.5. The number of rotatable bonds is 31. The molecule has 0 saturated heterocycles. The molecule has 264 valence electrons. The molecule has 0 aromatic carbocycles. The molecule has 0 aliphatic rings. The number of unbranched alkanes of at least 4 members (excludes halogenated alkanes) is 14. The third-order valence-corrected chi connectivity index (χ3v) is 8.54. The summed E-state index contributed by atoms with van der Waals surface area (Å²) in [6.07, 6.45) is 32.3. The number of hydrogen-bond acceptors (Lipinski definition) is 6. The van der Waals surface area contributed by atoms with Crippen LogP contribution in [0.4, 0.5) is 0 Å². The average molecular weight is 657 g/mol. The average Bonchev–Trinajstić information content (AvgIpc) is 2.97. The molecule has 0 rings (SSSR count). The predicted octanol–water partition coefficient (Wildman–Crippen LogP) is 8.16. The first-order valence-electron chi connectivity index (χ1n) is 17.9. The summed E-state index contributed by atoms with van der Waals surface area (Å²) in [5.41, 5.74) is 0. The summed E-state index contributed by atoms with van der Waals surface area (Å²) < 4.78 is 22.9. The third kappa shape index (κ3) is 31.1. The second kappa shape index (κ2) is 28.9. The van der Waals surface area contributed by atoms with Crippen LogP contribution in [0, 0.1) is 0 Å². The number of carbonyl (C=O) groups is 1. The van der Waals surface area contributed by atoms with E-state index in [2.05, 4.69) is 43.5 Å². The number of nitrogens with zero attached hydrogens (tertiary/aromatic N) is 1. The minimum absolute atomic E-state index is 0.00929. The Bertz CT molecular complexity index is 840. The van der Waals surface area contributed by atoms with Crippen molar-refractivity contribution in [3.05, 3.63) is 36.5 Å². The zero-order chi connectivity index (χ0) is 33.7. The lowest BCUT2D eigenvalue weighted by Crippen LogP contribution is -2.45. The highest BCUT2D eigenvalue weighted by Crippen LogP contribution is 2.38. The molecule has 0 saturated carbocycles. The molecular weight excluding hydrogens is 587 g/mol. The molecule has 0 bridgehead atoms. The van der Waals surface area contributed by atoms with Gasteiger partial charge in [0, 0.05) is 6.42 Å². The first kappa shape index (κ1) is 43.7. The van der Waals surface area contributed by atoms with Crippen LogP contribution in [0.2, 0.25) is 0 Å². The highest BCUT2D eigenvalue weighted by atomic mass is 31.2. The Morgan fingerprint density at radius 3 is 1.80 bits per heavy atom. The lowest BCUT2D eigenvalue weighted by atomic mass is 10.1. The SMILES string of the molecule is CCCCCCCCCC/C=C/CC/C=C/CC/C=C/C(O)C(COP(=O)([O-])OCC[N+](C)(C)C)NC(=O)CCCCCCC. The quantitative estimate of drug-likeness (QED) is 0.0337. The Hall–Kier alpha value is -1.28. The maximum absolute atomic E-state index is 12.5. The van der Waals surface area contributed by atoms with Gasteiger partial charge in [-0.3, -0.25) is 9.36 Å². The van der Waals surface area contributed by atoms with Crippen LogP contribution in [0.5, 0.6) is 0 Å². The van der Waals surface area contributed by atoms with Crippen molar-refractivity contribution in [3.8, 4) is 0 Å². The van der Waals surface area contributed by atoms with Crippen LogP contribution in [0.3, 0.4) is 0 Å². The smallest absolute Gasteiger partial charge is 0.268 e. The Labute approximate surface area is 276 Å². The standard InChI is InChI=1S/C36H69N2O6P/c1-6-8-10-12-13-14-15-16-17-18-19-20-21-22-23-24-26-27-29-35(39)34(37-36(40)30-28-25-11-9-7-2)33-44-45(41,42)43-32-31-38(3,4)5/h18-19,22-23,27,29,34-35,39H,6-17,20-21,24-26,28,30-33H2,1-5H3,(H-,37,40,41,42)/b19-18+,23-22+,29-27+. The highest BCUT2D eigenvalue weighted by molar-refractivity contribution is 7.45. The molecule has 0 heterocycles. The fourth-order valence-corrected chi connectivity index (χ4v) is 5.37. The molecule has 9 heteroatoms. The number of amides is 1. The zero-order valence-corrected chi connectivity index (χ0v) is 30.5. The van der Waals surface area contributed by atoms with Crippen LogP contribution in [0.25, 0.3) is 0 Å². The largest absolute Gasteiger partial charge is 0.756 e. The predicted molar refractivity (Wildman–Crippen MR) is 187 cm³/mol. The van der Waals surface area contributed by atoms with Gasteiger partial charge in [-0.15, -0.1) is 0 Å². The Morgan fingerprint density at radius 2 is 1.24 bits per heavy atom. The molecule has 0 fully saturated rings. The molecule has 3 unspecified atom stereocenters. The van der Waals surface area contributed by atoms with E-state index in [4.69, 9.17) is 9.05 Å². The Morgan fingerprint density at radius 1 is 0.756 bits per heavy atom. The van der Waals surface area contributed by atoms with Crippen molar-refractivity contribution >= 4 is 13.7 Å². The van der Waals surface area contributed by atoms with E-state index < -0.39 is 26.6 Å². The van der Waals surface area contributed by atoms with Gasteiger partial charge in [-0.25, -0.2) is 0 Å². The van der Waals surface area contributed by atoms with Gasteiger partial charge >= 0.3 is 0 Å². The monoisotopic (exact) mass is 656 g/mol. The van der Waals surface area contributed by atoms with E-state index in [1.807, 2.05) is 27.2 Å². The molecule has 0 radical (unpaired) electrons. The molecule has 0 aromatic heterocycles. The zero-order valence-electron chi connectivity index (χ0n) is 29.6. The van der Waals surface area contributed by atoms with Gasteiger partial charge in [0.15, 0.2) is 0 Å². The van der Waals surface area contributed by atoms with E-state index in [1.54, 1.807) is 6.08 Å². The number of hydrogen-bond donors (Lipinski definition) is 2. The molecule has 2 N–H and O–H groups in total. The van der Waals surface area contributed by atoms with Crippen molar-refractivity contribution < 1.29 is 32.9 Å². The van der Waals surface area contributed by atoms with Gasteiger partial charge in [-0.05, 0) is 44.9 Å². The minimum atomic E-state index is -4.58. The van der Waals surface area contributed by atoms with E-state index in [1.165, 1.54) is 57.8 Å². The van der Waals surface area contributed by atoms with E-state index >= 15 is 0 Å². The third-order valence-electron chi connectivity index (χ3n) is 7.58. The molecular formula is C36H69N2O6P. The second-order valence-electron chi connectivity index (χ2n) is 13.2. The van der Waals surface area contributed by atoms with Crippen molar-refractivity contribution in [2.45, 2.75) is 148 Å².